The first-order chi connectivity index (χ1) is 14.2. The van der Waals surface area contributed by atoms with Crippen molar-refractivity contribution in [2.24, 2.45) is 5.18 Å². The molecule has 0 atom stereocenters. The topological polar surface area (TPSA) is 65.0 Å². The minimum Gasteiger partial charge on any atom is -0.466 e. The molecule has 0 aromatic heterocycles. The standard InChI is InChI=1S/C23H35NO4S/c1-2-3-4-5-6-7-14-28-22(25)11-17-29-21-10-8-9-20(18-21)23(19-24-26)12-15-27-16-13-23/h8-10,18H,2-7,11-17,19H2,1H3. The predicted octanol–water partition coefficient (Wildman–Crippen LogP) is 5.89. The molecule has 1 saturated heterocycles. The normalized spacial score (nSPS) is 15.8. The molecule has 0 unspecified atom stereocenters. The second-order valence-electron chi connectivity index (χ2n) is 7.79. The number of rotatable bonds is 14. The van der Waals surface area contributed by atoms with Crippen molar-refractivity contribution in [2.75, 3.05) is 32.1 Å². The lowest BCUT2D eigenvalue weighted by Crippen LogP contribution is -2.36. The molecule has 5 nitrogen and oxygen atoms in total. The third kappa shape index (κ3) is 8.47. The van der Waals surface area contributed by atoms with Crippen LogP contribution in [0.1, 0.15) is 70.3 Å². The molecule has 162 valence electrons. The largest absolute Gasteiger partial charge is 0.466 e. The van der Waals surface area contributed by atoms with Gasteiger partial charge in [-0.3, -0.25) is 4.79 Å². The van der Waals surface area contributed by atoms with E-state index in [-0.39, 0.29) is 17.9 Å². The Morgan fingerprint density at radius 2 is 1.93 bits per heavy atom. The summed E-state index contributed by atoms with van der Waals surface area (Å²) in [6, 6.07) is 8.30. The predicted molar refractivity (Wildman–Crippen MR) is 119 cm³/mol. The Morgan fingerprint density at radius 3 is 2.69 bits per heavy atom. The Hall–Kier alpha value is -1.40. The van der Waals surface area contributed by atoms with Crippen molar-refractivity contribution in [3.63, 3.8) is 0 Å². The third-order valence-electron chi connectivity index (χ3n) is 5.60. The van der Waals surface area contributed by atoms with Gasteiger partial charge in [0.15, 0.2) is 0 Å². The first kappa shape index (κ1) is 23.9. The van der Waals surface area contributed by atoms with Gasteiger partial charge < -0.3 is 9.47 Å². The van der Waals surface area contributed by atoms with E-state index in [0.717, 1.165) is 36.1 Å². The van der Waals surface area contributed by atoms with Gasteiger partial charge in [-0.05, 0) is 37.0 Å². The lowest BCUT2D eigenvalue weighted by atomic mass is 9.74. The number of carbonyl (C=O) groups excluding carboxylic acids is 1. The van der Waals surface area contributed by atoms with Crippen LogP contribution in [0.4, 0.5) is 0 Å². The van der Waals surface area contributed by atoms with Crippen molar-refractivity contribution in [1.29, 1.82) is 0 Å². The second kappa shape index (κ2) is 13.8. The van der Waals surface area contributed by atoms with Crippen molar-refractivity contribution in [3.8, 4) is 0 Å². The second-order valence-corrected chi connectivity index (χ2v) is 8.96. The monoisotopic (exact) mass is 421 g/mol. The van der Waals surface area contributed by atoms with Gasteiger partial charge in [-0.15, -0.1) is 11.8 Å². The lowest BCUT2D eigenvalue weighted by molar-refractivity contribution is -0.143. The number of thioether (sulfide) groups is 1. The quantitative estimate of drug-likeness (QED) is 0.162. The molecule has 1 heterocycles. The molecule has 1 aliphatic rings. The average Bonchev–Trinajstić information content (AvgIpc) is 2.74. The van der Waals surface area contributed by atoms with Crippen LogP contribution < -0.4 is 0 Å². The van der Waals surface area contributed by atoms with Crippen LogP contribution in [0.5, 0.6) is 0 Å². The van der Waals surface area contributed by atoms with E-state index in [2.05, 4.69) is 30.3 Å². The van der Waals surface area contributed by atoms with Gasteiger partial charge in [-0.1, -0.05) is 56.3 Å². The zero-order valence-electron chi connectivity index (χ0n) is 17.7. The summed E-state index contributed by atoms with van der Waals surface area (Å²) >= 11 is 1.66. The third-order valence-corrected chi connectivity index (χ3v) is 6.59. The first-order valence-corrected chi connectivity index (χ1v) is 11.9. The fourth-order valence-corrected chi connectivity index (χ4v) is 4.62. The minimum atomic E-state index is -0.216. The summed E-state index contributed by atoms with van der Waals surface area (Å²) in [5.74, 6) is 0.578. The number of benzene rings is 1. The molecular formula is C23H35NO4S. The molecule has 29 heavy (non-hydrogen) atoms. The molecule has 1 aromatic carbocycles. The van der Waals surface area contributed by atoms with Crippen LogP contribution in [0.25, 0.3) is 0 Å². The summed E-state index contributed by atoms with van der Waals surface area (Å²) in [7, 11) is 0. The molecule has 0 radical (unpaired) electrons. The summed E-state index contributed by atoms with van der Waals surface area (Å²) < 4.78 is 10.8. The highest BCUT2D eigenvalue weighted by atomic mass is 32.2. The van der Waals surface area contributed by atoms with Gasteiger partial charge in [0.2, 0.25) is 0 Å². The molecule has 1 aromatic rings. The van der Waals surface area contributed by atoms with Crippen molar-refractivity contribution >= 4 is 17.7 Å². The van der Waals surface area contributed by atoms with Gasteiger partial charge in [0.25, 0.3) is 0 Å². The number of nitrogens with zero attached hydrogens (tertiary/aromatic N) is 1. The number of esters is 1. The fraction of sp³-hybridized carbons (Fsp3) is 0.696. The van der Waals surface area contributed by atoms with E-state index in [0.29, 0.717) is 32.0 Å². The maximum Gasteiger partial charge on any atom is 0.306 e. The van der Waals surface area contributed by atoms with Gasteiger partial charge in [0.05, 0.1) is 19.6 Å². The van der Waals surface area contributed by atoms with E-state index in [9.17, 15) is 9.70 Å². The SMILES string of the molecule is CCCCCCCCOC(=O)CCSc1cccc(C2(CN=O)CCOCC2)c1. The summed E-state index contributed by atoms with van der Waals surface area (Å²) in [4.78, 5) is 24.0. The highest BCUT2D eigenvalue weighted by Gasteiger charge is 2.35. The van der Waals surface area contributed by atoms with E-state index in [1.54, 1.807) is 11.8 Å². The van der Waals surface area contributed by atoms with Gasteiger partial charge in [0, 0.05) is 29.3 Å². The Morgan fingerprint density at radius 1 is 1.17 bits per heavy atom. The van der Waals surface area contributed by atoms with Crippen LogP contribution in [0.15, 0.2) is 34.3 Å². The molecule has 1 aliphatic heterocycles. The molecule has 0 saturated carbocycles. The number of ether oxygens (including phenoxy) is 2. The zero-order valence-corrected chi connectivity index (χ0v) is 18.5. The molecule has 0 N–H and O–H groups in total. The Labute approximate surface area is 179 Å². The van der Waals surface area contributed by atoms with Crippen LogP contribution in [-0.4, -0.2) is 38.1 Å². The molecule has 6 heteroatoms. The fourth-order valence-electron chi connectivity index (χ4n) is 3.73. The van der Waals surface area contributed by atoms with Gasteiger partial charge >= 0.3 is 5.97 Å². The van der Waals surface area contributed by atoms with E-state index < -0.39 is 0 Å². The summed E-state index contributed by atoms with van der Waals surface area (Å²) in [6.07, 6.45) is 9.19. The Kier molecular flexibility index (Phi) is 11.3. The molecule has 2 rings (SSSR count). The first-order valence-electron chi connectivity index (χ1n) is 11.0. The molecule has 0 spiro atoms. The minimum absolute atomic E-state index is 0.117. The molecule has 1 fully saturated rings. The number of unbranched alkanes of at least 4 members (excludes halogenated alkanes) is 5. The highest BCUT2D eigenvalue weighted by Crippen LogP contribution is 2.37. The number of hydrogen-bond acceptors (Lipinski definition) is 6. The Balaban J connectivity index is 1.72. The van der Waals surface area contributed by atoms with Gasteiger partial charge in [-0.25, -0.2) is 0 Å². The van der Waals surface area contributed by atoms with Gasteiger partial charge in [-0.2, -0.15) is 4.91 Å². The molecular weight excluding hydrogens is 386 g/mol. The number of carbonyl (C=O) groups is 1. The van der Waals surface area contributed by atoms with E-state index >= 15 is 0 Å². The molecule has 0 amide bonds. The van der Waals surface area contributed by atoms with Crippen LogP contribution in [-0.2, 0) is 19.7 Å². The maximum atomic E-state index is 11.9. The van der Waals surface area contributed by atoms with Crippen LogP contribution >= 0.6 is 11.8 Å². The smallest absolute Gasteiger partial charge is 0.306 e. The number of nitroso groups, excluding NO2 is 1. The zero-order chi connectivity index (χ0) is 20.8. The molecule has 0 aliphatic carbocycles. The van der Waals surface area contributed by atoms with Crippen LogP contribution in [0, 0.1) is 4.91 Å². The maximum absolute atomic E-state index is 11.9. The van der Waals surface area contributed by atoms with Crippen LogP contribution in [0.2, 0.25) is 0 Å². The lowest BCUT2D eigenvalue weighted by Gasteiger charge is -2.35. The summed E-state index contributed by atoms with van der Waals surface area (Å²) in [6.45, 7) is 4.36. The van der Waals surface area contributed by atoms with Gasteiger partial charge in [0.1, 0.15) is 0 Å². The van der Waals surface area contributed by atoms with E-state index in [4.69, 9.17) is 9.47 Å². The molecule has 0 bridgehead atoms. The van der Waals surface area contributed by atoms with Crippen molar-refractivity contribution in [2.45, 2.75) is 75.0 Å². The van der Waals surface area contributed by atoms with E-state index in [1.807, 2.05) is 6.07 Å². The van der Waals surface area contributed by atoms with E-state index in [1.165, 1.54) is 25.7 Å². The Bertz CT molecular complexity index is 617. The summed E-state index contributed by atoms with van der Waals surface area (Å²) in [5, 5.41) is 3.21. The van der Waals surface area contributed by atoms with Crippen molar-refractivity contribution in [1.82, 2.24) is 0 Å². The van der Waals surface area contributed by atoms with Crippen molar-refractivity contribution in [3.05, 3.63) is 34.7 Å². The van der Waals surface area contributed by atoms with Crippen LogP contribution in [0.3, 0.4) is 0 Å². The average molecular weight is 422 g/mol. The number of hydrogen-bond donors (Lipinski definition) is 0. The highest BCUT2D eigenvalue weighted by molar-refractivity contribution is 7.99. The summed E-state index contributed by atoms with van der Waals surface area (Å²) in [5.41, 5.74) is 0.933. The van der Waals surface area contributed by atoms with Crippen molar-refractivity contribution < 1.29 is 14.3 Å².